The number of aromatic nitrogens is 3. The standard InChI is InChI=1S/C19H18F3N5O2/c1-11-18(25-26-27(11)9-12-4-2-3-5-15(12)21)24-19(29)23-17(10-28)14-8-13(20)6-7-16(14)22/h2-8,17,28H,9-10H2,1H3,(H2,23,24,29). The van der Waals surface area contributed by atoms with E-state index in [2.05, 4.69) is 20.9 Å². The van der Waals surface area contributed by atoms with Crippen molar-refractivity contribution in [1.29, 1.82) is 0 Å². The van der Waals surface area contributed by atoms with Crippen LogP contribution in [-0.2, 0) is 6.54 Å². The maximum absolute atomic E-state index is 13.9. The van der Waals surface area contributed by atoms with E-state index in [0.29, 0.717) is 11.3 Å². The number of carbonyl (C=O) groups excluding carboxylic acids is 1. The third-order valence-corrected chi connectivity index (χ3v) is 4.31. The number of aliphatic hydroxyl groups is 1. The molecule has 0 saturated carbocycles. The van der Waals surface area contributed by atoms with Crippen molar-refractivity contribution in [1.82, 2.24) is 20.3 Å². The van der Waals surface area contributed by atoms with Crippen LogP contribution in [0, 0.1) is 24.4 Å². The Hall–Kier alpha value is -3.40. The third-order valence-electron chi connectivity index (χ3n) is 4.31. The van der Waals surface area contributed by atoms with Gasteiger partial charge in [0.1, 0.15) is 17.5 Å². The number of urea groups is 1. The van der Waals surface area contributed by atoms with E-state index in [1.807, 2.05) is 0 Å². The summed E-state index contributed by atoms with van der Waals surface area (Å²) in [5, 5.41) is 22.0. The average Bonchev–Trinajstić information content (AvgIpc) is 3.03. The number of nitrogens with one attached hydrogen (secondary N) is 2. The molecule has 0 radical (unpaired) electrons. The molecule has 7 nitrogen and oxygen atoms in total. The van der Waals surface area contributed by atoms with Crippen LogP contribution in [0.3, 0.4) is 0 Å². The summed E-state index contributed by atoms with van der Waals surface area (Å²) in [7, 11) is 0. The number of halogens is 3. The van der Waals surface area contributed by atoms with Gasteiger partial charge in [0.15, 0.2) is 5.82 Å². The minimum absolute atomic E-state index is 0.107. The van der Waals surface area contributed by atoms with E-state index >= 15 is 0 Å². The topological polar surface area (TPSA) is 92.1 Å². The first kappa shape index (κ1) is 20.3. The van der Waals surface area contributed by atoms with Gasteiger partial charge >= 0.3 is 6.03 Å². The Balaban J connectivity index is 1.70. The lowest BCUT2D eigenvalue weighted by atomic mass is 10.1. The SMILES string of the molecule is Cc1c(NC(=O)NC(CO)c2cc(F)ccc2F)nnn1Cc1ccccc1F. The third kappa shape index (κ3) is 4.72. The number of carbonyl (C=O) groups is 1. The first-order chi connectivity index (χ1) is 13.9. The summed E-state index contributed by atoms with van der Waals surface area (Å²) >= 11 is 0. The van der Waals surface area contributed by atoms with E-state index in [1.54, 1.807) is 25.1 Å². The van der Waals surface area contributed by atoms with Crippen molar-refractivity contribution >= 4 is 11.8 Å². The molecule has 3 aromatic rings. The highest BCUT2D eigenvalue weighted by Crippen LogP contribution is 2.19. The summed E-state index contributed by atoms with van der Waals surface area (Å²) in [6.07, 6.45) is 0. The molecule has 2 aromatic carbocycles. The van der Waals surface area contributed by atoms with Crippen molar-refractivity contribution in [3.05, 3.63) is 76.7 Å². The Labute approximate surface area is 164 Å². The van der Waals surface area contributed by atoms with Crippen LogP contribution in [-0.4, -0.2) is 32.7 Å². The van der Waals surface area contributed by atoms with E-state index in [0.717, 1.165) is 18.2 Å². The molecule has 0 saturated heterocycles. The highest BCUT2D eigenvalue weighted by atomic mass is 19.1. The van der Waals surface area contributed by atoms with Gasteiger partial charge < -0.3 is 10.4 Å². The van der Waals surface area contributed by atoms with Crippen molar-refractivity contribution < 1.29 is 23.1 Å². The lowest BCUT2D eigenvalue weighted by Crippen LogP contribution is -2.35. The predicted octanol–water partition coefficient (Wildman–Crippen LogP) is 2.91. The first-order valence-corrected chi connectivity index (χ1v) is 8.66. The summed E-state index contributed by atoms with van der Waals surface area (Å²) in [6, 6.07) is 6.97. The molecule has 0 fully saturated rings. The Kier molecular flexibility index (Phi) is 6.13. The zero-order valence-corrected chi connectivity index (χ0v) is 15.4. The fourth-order valence-electron chi connectivity index (χ4n) is 2.72. The smallest absolute Gasteiger partial charge is 0.321 e. The molecule has 0 aliphatic carbocycles. The van der Waals surface area contributed by atoms with Gasteiger partial charge in [-0.25, -0.2) is 22.6 Å². The van der Waals surface area contributed by atoms with Crippen LogP contribution in [0.25, 0.3) is 0 Å². The van der Waals surface area contributed by atoms with Crippen LogP contribution < -0.4 is 10.6 Å². The number of nitrogens with zero attached hydrogens (tertiary/aromatic N) is 3. The van der Waals surface area contributed by atoms with Gasteiger partial charge in [-0.3, -0.25) is 5.32 Å². The molecule has 0 aliphatic rings. The minimum atomic E-state index is -1.17. The van der Waals surface area contributed by atoms with Crippen molar-refractivity contribution in [2.75, 3.05) is 11.9 Å². The number of rotatable bonds is 6. The van der Waals surface area contributed by atoms with Gasteiger partial charge in [0.05, 0.1) is 24.9 Å². The second-order valence-electron chi connectivity index (χ2n) is 6.27. The molecule has 10 heteroatoms. The number of amides is 2. The predicted molar refractivity (Wildman–Crippen MR) is 98.6 cm³/mol. The summed E-state index contributed by atoms with van der Waals surface area (Å²) in [5.74, 6) is -1.75. The van der Waals surface area contributed by atoms with E-state index < -0.39 is 36.1 Å². The molecule has 0 aliphatic heterocycles. The number of anilines is 1. The molecule has 1 unspecified atom stereocenters. The first-order valence-electron chi connectivity index (χ1n) is 8.66. The minimum Gasteiger partial charge on any atom is -0.394 e. The van der Waals surface area contributed by atoms with E-state index in [4.69, 9.17) is 0 Å². The molecule has 3 N–H and O–H groups in total. The second kappa shape index (κ2) is 8.74. The molecule has 1 aromatic heterocycles. The van der Waals surface area contributed by atoms with E-state index in [1.165, 1.54) is 10.7 Å². The van der Waals surface area contributed by atoms with Crippen LogP contribution in [0.5, 0.6) is 0 Å². The normalized spacial score (nSPS) is 11.9. The van der Waals surface area contributed by atoms with Gasteiger partial charge in [0.2, 0.25) is 0 Å². The molecule has 0 spiro atoms. The van der Waals surface area contributed by atoms with Crippen LogP contribution in [0.15, 0.2) is 42.5 Å². The van der Waals surface area contributed by atoms with Crippen LogP contribution >= 0.6 is 0 Å². The van der Waals surface area contributed by atoms with Crippen molar-refractivity contribution in [3.8, 4) is 0 Å². The van der Waals surface area contributed by atoms with Crippen molar-refractivity contribution in [2.24, 2.45) is 0 Å². The number of benzene rings is 2. The zero-order valence-electron chi connectivity index (χ0n) is 15.4. The van der Waals surface area contributed by atoms with Crippen molar-refractivity contribution in [3.63, 3.8) is 0 Å². The average molecular weight is 405 g/mol. The number of hydrogen-bond acceptors (Lipinski definition) is 4. The quantitative estimate of drug-likeness (QED) is 0.588. The molecule has 152 valence electrons. The van der Waals surface area contributed by atoms with E-state index in [-0.39, 0.29) is 17.9 Å². The Morgan fingerprint density at radius 2 is 1.93 bits per heavy atom. The molecule has 1 heterocycles. The Morgan fingerprint density at radius 1 is 1.17 bits per heavy atom. The lowest BCUT2D eigenvalue weighted by Gasteiger charge is -2.17. The summed E-state index contributed by atoms with van der Waals surface area (Å²) in [5.41, 5.74) is 0.668. The van der Waals surface area contributed by atoms with Gasteiger partial charge in [-0.05, 0) is 31.2 Å². The Bertz CT molecular complexity index is 1020. The van der Waals surface area contributed by atoms with Crippen LogP contribution in [0.2, 0.25) is 0 Å². The molecule has 29 heavy (non-hydrogen) atoms. The highest BCUT2D eigenvalue weighted by molar-refractivity contribution is 5.89. The van der Waals surface area contributed by atoms with E-state index in [9.17, 15) is 23.1 Å². The summed E-state index contributed by atoms with van der Waals surface area (Å²) < 4.78 is 42.5. The van der Waals surface area contributed by atoms with Gasteiger partial charge in [0.25, 0.3) is 0 Å². The highest BCUT2D eigenvalue weighted by Gasteiger charge is 2.20. The van der Waals surface area contributed by atoms with Gasteiger partial charge in [-0.2, -0.15) is 0 Å². The zero-order chi connectivity index (χ0) is 21.0. The number of hydrogen-bond donors (Lipinski definition) is 3. The molecular weight excluding hydrogens is 387 g/mol. The summed E-state index contributed by atoms with van der Waals surface area (Å²) in [4.78, 5) is 12.2. The van der Waals surface area contributed by atoms with Gasteiger partial charge in [0, 0.05) is 11.1 Å². The fraction of sp³-hybridized carbons (Fsp3) is 0.211. The molecule has 0 bridgehead atoms. The number of aliphatic hydroxyl groups excluding tert-OH is 1. The Morgan fingerprint density at radius 3 is 2.66 bits per heavy atom. The monoisotopic (exact) mass is 405 g/mol. The lowest BCUT2D eigenvalue weighted by molar-refractivity contribution is 0.223. The maximum Gasteiger partial charge on any atom is 0.321 e. The van der Waals surface area contributed by atoms with Crippen LogP contribution in [0.4, 0.5) is 23.8 Å². The maximum atomic E-state index is 13.9. The molecule has 1 atom stereocenters. The van der Waals surface area contributed by atoms with Crippen LogP contribution in [0.1, 0.15) is 22.9 Å². The van der Waals surface area contributed by atoms with Gasteiger partial charge in [-0.15, -0.1) is 5.10 Å². The van der Waals surface area contributed by atoms with Gasteiger partial charge in [-0.1, -0.05) is 23.4 Å². The fourth-order valence-corrected chi connectivity index (χ4v) is 2.72. The van der Waals surface area contributed by atoms with Crippen molar-refractivity contribution in [2.45, 2.75) is 19.5 Å². The molecule has 3 rings (SSSR count). The summed E-state index contributed by atoms with van der Waals surface area (Å²) in [6.45, 7) is 1.10. The molecular formula is C19H18F3N5O2. The largest absolute Gasteiger partial charge is 0.394 e. The molecule has 2 amide bonds. The second-order valence-corrected chi connectivity index (χ2v) is 6.27.